The molecule has 0 amide bonds. The summed E-state index contributed by atoms with van der Waals surface area (Å²) in [4.78, 5) is 10.5. The van der Waals surface area contributed by atoms with E-state index in [1.807, 2.05) is 0 Å². The van der Waals surface area contributed by atoms with Gasteiger partial charge < -0.3 is 4.74 Å². The maximum atomic E-state index is 5.20. The molecule has 0 saturated carbocycles. The van der Waals surface area contributed by atoms with Crippen molar-refractivity contribution in [3.8, 4) is 0 Å². The molecule has 2 aliphatic heterocycles. The molecule has 0 spiro atoms. The highest BCUT2D eigenvalue weighted by Gasteiger charge is 2.32. The van der Waals surface area contributed by atoms with Crippen molar-refractivity contribution in [2.24, 2.45) is 0 Å². The van der Waals surface area contributed by atoms with Gasteiger partial charge in [0.05, 0.1) is 6.61 Å². The molecule has 2 fully saturated rings. The summed E-state index contributed by atoms with van der Waals surface area (Å²) in [6.45, 7) is 22.2. The first-order chi connectivity index (χ1) is 10.9. The normalized spacial score (nSPS) is 23.7. The van der Waals surface area contributed by atoms with E-state index in [2.05, 4.69) is 47.3 Å². The van der Waals surface area contributed by atoms with Gasteiger partial charge >= 0.3 is 0 Å². The van der Waals surface area contributed by atoms with Crippen molar-refractivity contribution in [1.29, 1.82) is 0 Å². The van der Waals surface area contributed by atoms with Crippen molar-refractivity contribution in [2.45, 2.75) is 39.3 Å². The van der Waals surface area contributed by atoms with Gasteiger partial charge in [0, 0.05) is 84.1 Å². The molecule has 0 aromatic carbocycles. The fourth-order valence-electron chi connectivity index (χ4n) is 3.88. The van der Waals surface area contributed by atoms with E-state index < -0.39 is 0 Å². The highest BCUT2D eigenvalue weighted by molar-refractivity contribution is 4.90. The van der Waals surface area contributed by atoms with Gasteiger partial charge in [-0.25, -0.2) is 0 Å². The van der Waals surface area contributed by atoms with E-state index in [0.717, 1.165) is 13.2 Å². The molecule has 0 atom stereocenters. The van der Waals surface area contributed by atoms with Crippen LogP contribution in [0.4, 0.5) is 0 Å². The maximum absolute atomic E-state index is 5.20. The predicted molar refractivity (Wildman–Crippen MR) is 97.1 cm³/mol. The Morgan fingerprint density at radius 1 is 0.870 bits per heavy atom. The number of hydrogen-bond donors (Lipinski definition) is 0. The number of piperazine rings is 2. The third-order valence-electron chi connectivity index (χ3n) is 5.59. The molecule has 0 N–H and O–H groups in total. The van der Waals surface area contributed by atoms with Crippen LogP contribution in [-0.2, 0) is 4.74 Å². The zero-order valence-electron chi connectivity index (χ0n) is 16.1. The van der Waals surface area contributed by atoms with Gasteiger partial charge in [-0.05, 0) is 27.7 Å². The molecule has 2 aliphatic rings. The third-order valence-corrected chi connectivity index (χ3v) is 5.59. The number of methoxy groups -OCH3 is 1. The lowest BCUT2D eigenvalue weighted by Gasteiger charge is -2.47. The van der Waals surface area contributed by atoms with Crippen LogP contribution in [0.3, 0.4) is 0 Å². The van der Waals surface area contributed by atoms with E-state index in [9.17, 15) is 0 Å². The van der Waals surface area contributed by atoms with E-state index in [0.29, 0.717) is 6.04 Å². The Labute approximate surface area is 143 Å². The van der Waals surface area contributed by atoms with Crippen LogP contribution in [0.2, 0.25) is 0 Å². The fraction of sp³-hybridized carbons (Fsp3) is 1.00. The minimum atomic E-state index is 0.271. The minimum Gasteiger partial charge on any atom is -0.383 e. The van der Waals surface area contributed by atoms with Crippen molar-refractivity contribution in [2.75, 3.05) is 79.2 Å². The van der Waals surface area contributed by atoms with Crippen molar-refractivity contribution in [3.05, 3.63) is 0 Å². The Kier molecular flexibility index (Phi) is 7.29. The van der Waals surface area contributed by atoms with Crippen molar-refractivity contribution >= 4 is 0 Å². The van der Waals surface area contributed by atoms with Gasteiger partial charge in [0.25, 0.3) is 0 Å². The van der Waals surface area contributed by atoms with Gasteiger partial charge in [-0.3, -0.25) is 19.6 Å². The lowest BCUT2D eigenvalue weighted by molar-refractivity contribution is 0.00898. The largest absolute Gasteiger partial charge is 0.383 e. The fourth-order valence-corrected chi connectivity index (χ4v) is 3.88. The first-order valence-corrected chi connectivity index (χ1v) is 9.35. The van der Waals surface area contributed by atoms with Crippen LogP contribution in [0, 0.1) is 0 Å². The van der Waals surface area contributed by atoms with Gasteiger partial charge in [-0.2, -0.15) is 0 Å². The van der Waals surface area contributed by atoms with Gasteiger partial charge in [0.15, 0.2) is 0 Å². The standard InChI is InChI=1S/C18H38N4O/c1-17(2)21-10-6-20(7-11-21)16-18(3,4)22-12-8-19(9-13-22)14-15-23-5/h17H,6-16H2,1-5H3. The molecular formula is C18H38N4O. The van der Waals surface area contributed by atoms with Crippen LogP contribution in [0.5, 0.6) is 0 Å². The Bertz CT molecular complexity index is 332. The average Bonchev–Trinajstić information content (AvgIpc) is 2.53. The van der Waals surface area contributed by atoms with E-state index >= 15 is 0 Å². The SMILES string of the molecule is COCCN1CCN(C(C)(C)CN2CCN(C(C)C)CC2)CC1. The van der Waals surface area contributed by atoms with Gasteiger partial charge in [-0.1, -0.05) is 0 Å². The summed E-state index contributed by atoms with van der Waals surface area (Å²) in [5, 5.41) is 0. The van der Waals surface area contributed by atoms with Crippen LogP contribution >= 0.6 is 0 Å². The molecule has 136 valence electrons. The van der Waals surface area contributed by atoms with Crippen molar-refractivity contribution in [3.63, 3.8) is 0 Å². The molecule has 0 unspecified atom stereocenters. The molecule has 0 aromatic heterocycles. The summed E-state index contributed by atoms with van der Waals surface area (Å²) in [6, 6.07) is 0.685. The lowest BCUT2D eigenvalue weighted by Crippen LogP contribution is -2.60. The van der Waals surface area contributed by atoms with Crippen molar-refractivity contribution in [1.82, 2.24) is 19.6 Å². The molecule has 0 aromatic rings. The summed E-state index contributed by atoms with van der Waals surface area (Å²) in [5.41, 5.74) is 0.271. The first kappa shape index (κ1) is 19.1. The van der Waals surface area contributed by atoms with E-state index in [1.165, 1.54) is 58.9 Å². The third kappa shape index (κ3) is 5.68. The number of nitrogens with zero attached hydrogens (tertiary/aromatic N) is 4. The summed E-state index contributed by atoms with van der Waals surface area (Å²) < 4.78 is 5.20. The Hall–Kier alpha value is -0.200. The molecule has 0 radical (unpaired) electrons. The lowest BCUT2D eigenvalue weighted by atomic mass is 10.00. The van der Waals surface area contributed by atoms with Crippen LogP contribution in [0.1, 0.15) is 27.7 Å². The number of ether oxygens (including phenoxy) is 1. The molecular weight excluding hydrogens is 288 g/mol. The smallest absolute Gasteiger partial charge is 0.0589 e. The monoisotopic (exact) mass is 326 g/mol. The number of rotatable bonds is 7. The Morgan fingerprint density at radius 3 is 1.96 bits per heavy atom. The summed E-state index contributed by atoms with van der Waals surface area (Å²) in [5.74, 6) is 0. The summed E-state index contributed by atoms with van der Waals surface area (Å²) in [6.07, 6.45) is 0. The van der Waals surface area contributed by atoms with Gasteiger partial charge in [0.1, 0.15) is 0 Å². The molecule has 5 heteroatoms. The maximum Gasteiger partial charge on any atom is 0.0589 e. The molecule has 2 rings (SSSR count). The van der Waals surface area contributed by atoms with Crippen LogP contribution in [-0.4, -0.2) is 110 Å². The molecule has 5 nitrogen and oxygen atoms in total. The molecule has 0 aliphatic carbocycles. The first-order valence-electron chi connectivity index (χ1n) is 9.35. The molecule has 23 heavy (non-hydrogen) atoms. The zero-order valence-corrected chi connectivity index (χ0v) is 16.1. The topological polar surface area (TPSA) is 22.2 Å². The predicted octanol–water partition coefficient (Wildman–Crippen LogP) is 1.06. The van der Waals surface area contributed by atoms with E-state index in [-0.39, 0.29) is 5.54 Å². The van der Waals surface area contributed by atoms with Gasteiger partial charge in [-0.15, -0.1) is 0 Å². The Morgan fingerprint density at radius 2 is 1.43 bits per heavy atom. The molecule has 2 heterocycles. The average molecular weight is 327 g/mol. The highest BCUT2D eigenvalue weighted by atomic mass is 16.5. The quantitative estimate of drug-likeness (QED) is 0.696. The molecule has 0 bridgehead atoms. The molecule has 2 saturated heterocycles. The second kappa shape index (κ2) is 8.77. The highest BCUT2D eigenvalue weighted by Crippen LogP contribution is 2.20. The summed E-state index contributed by atoms with van der Waals surface area (Å²) >= 11 is 0. The van der Waals surface area contributed by atoms with Crippen molar-refractivity contribution < 1.29 is 4.74 Å². The van der Waals surface area contributed by atoms with Crippen LogP contribution in [0.25, 0.3) is 0 Å². The summed E-state index contributed by atoms with van der Waals surface area (Å²) in [7, 11) is 1.79. The number of hydrogen-bond acceptors (Lipinski definition) is 5. The second-order valence-corrected chi connectivity index (χ2v) is 8.04. The van der Waals surface area contributed by atoms with Crippen LogP contribution in [0.15, 0.2) is 0 Å². The second-order valence-electron chi connectivity index (χ2n) is 8.04. The minimum absolute atomic E-state index is 0.271. The van der Waals surface area contributed by atoms with E-state index in [4.69, 9.17) is 4.74 Å². The Balaban J connectivity index is 1.74. The van der Waals surface area contributed by atoms with E-state index in [1.54, 1.807) is 7.11 Å². The zero-order chi connectivity index (χ0) is 16.9. The van der Waals surface area contributed by atoms with Gasteiger partial charge in [0.2, 0.25) is 0 Å². The van der Waals surface area contributed by atoms with Crippen LogP contribution < -0.4 is 0 Å².